The summed E-state index contributed by atoms with van der Waals surface area (Å²) in [5.74, 6) is 1.72. The monoisotopic (exact) mass is 641 g/mol. The standard InChI is InChI=1S/C38H51N5O4/c1-6-47-36(45)41-32-10-7-28(8-11-32)35(44)42(34-22-29(13-20-39-34)30-23-40-43(24-30)26(2)3)25-37-14-17-38(18-15-37,19-16-37)31-9-12-33(46-5)27(4)21-31/h9,12-13,20-24,26,28,32H,6-8,10-11,14-19,25H2,1-5H3,(H,41,45)/t28-,32-,37?,38?. The largest absolute Gasteiger partial charge is 0.496 e. The number of aromatic nitrogens is 3. The minimum absolute atomic E-state index is 0.0375. The molecule has 9 heteroatoms. The summed E-state index contributed by atoms with van der Waals surface area (Å²) in [6.07, 6.45) is 15.1. The maximum Gasteiger partial charge on any atom is 0.407 e. The molecule has 0 radical (unpaired) electrons. The van der Waals surface area contributed by atoms with Gasteiger partial charge in [-0.05, 0) is 138 Å². The van der Waals surface area contributed by atoms with Crippen LogP contribution in [0.1, 0.15) is 102 Å². The van der Waals surface area contributed by atoms with E-state index in [1.165, 1.54) is 11.1 Å². The van der Waals surface area contributed by atoms with Gasteiger partial charge in [-0.25, -0.2) is 9.78 Å². The molecule has 47 heavy (non-hydrogen) atoms. The zero-order valence-corrected chi connectivity index (χ0v) is 28.8. The van der Waals surface area contributed by atoms with Gasteiger partial charge in [-0.15, -0.1) is 0 Å². The fraction of sp³-hybridized carbons (Fsp3) is 0.579. The van der Waals surface area contributed by atoms with Crippen molar-refractivity contribution >= 4 is 17.8 Å². The van der Waals surface area contributed by atoms with Crippen LogP contribution >= 0.6 is 0 Å². The fourth-order valence-electron chi connectivity index (χ4n) is 8.31. The summed E-state index contributed by atoms with van der Waals surface area (Å²) in [5, 5.41) is 7.53. The van der Waals surface area contributed by atoms with E-state index in [1.54, 1.807) is 14.0 Å². The van der Waals surface area contributed by atoms with Gasteiger partial charge in [0.2, 0.25) is 5.91 Å². The first kappa shape index (κ1) is 33.0. The highest BCUT2D eigenvalue weighted by atomic mass is 16.5. The molecule has 2 heterocycles. The summed E-state index contributed by atoms with van der Waals surface area (Å²) in [4.78, 5) is 33.4. The first-order chi connectivity index (χ1) is 22.6. The van der Waals surface area contributed by atoms with Crippen molar-refractivity contribution in [3.8, 4) is 16.9 Å². The van der Waals surface area contributed by atoms with E-state index in [4.69, 9.17) is 14.5 Å². The predicted molar refractivity (Wildman–Crippen MR) is 184 cm³/mol. The highest BCUT2D eigenvalue weighted by Gasteiger charge is 2.51. The summed E-state index contributed by atoms with van der Waals surface area (Å²) in [6.45, 7) is 9.21. The Hall–Kier alpha value is -3.88. The molecule has 0 aliphatic heterocycles. The van der Waals surface area contributed by atoms with E-state index < -0.39 is 0 Å². The number of pyridine rings is 1. The number of hydrogen-bond donors (Lipinski definition) is 1. The molecule has 0 saturated heterocycles. The van der Waals surface area contributed by atoms with Crippen LogP contribution in [0.2, 0.25) is 0 Å². The maximum absolute atomic E-state index is 14.5. The van der Waals surface area contributed by atoms with Crippen molar-refractivity contribution in [3.05, 3.63) is 60.0 Å². The number of rotatable bonds is 10. The number of carbonyl (C=O) groups is 2. The molecule has 1 aromatic carbocycles. The lowest BCUT2D eigenvalue weighted by Crippen LogP contribution is -2.52. The van der Waals surface area contributed by atoms with Gasteiger partial charge in [-0.1, -0.05) is 12.1 Å². The van der Waals surface area contributed by atoms with Crippen LogP contribution in [-0.4, -0.2) is 53.1 Å². The molecule has 0 atom stereocenters. The molecular weight excluding hydrogens is 590 g/mol. The molecule has 1 N–H and O–H groups in total. The minimum atomic E-state index is -0.375. The Kier molecular flexibility index (Phi) is 9.62. The number of hydrogen-bond acceptors (Lipinski definition) is 6. The number of benzene rings is 1. The molecule has 3 aromatic rings. The van der Waals surface area contributed by atoms with Crippen molar-refractivity contribution < 1.29 is 19.1 Å². The molecule has 4 aliphatic rings. The Morgan fingerprint density at radius 3 is 2.36 bits per heavy atom. The Balaban J connectivity index is 1.23. The molecule has 0 spiro atoms. The lowest BCUT2D eigenvalue weighted by Gasteiger charge is -2.55. The lowest BCUT2D eigenvalue weighted by atomic mass is 9.51. The molecule has 2 amide bonds. The number of nitrogens with zero attached hydrogens (tertiary/aromatic N) is 4. The Bertz CT molecular complexity index is 1550. The SMILES string of the molecule is CCOC(=O)N[C@H]1CC[C@H](C(=O)N(CC23CCC(c4ccc(OC)c(C)c4)(CC2)CC3)c2cc(-c3cnn(C(C)C)c3)ccn2)CC1. The van der Waals surface area contributed by atoms with Gasteiger partial charge in [0.05, 0.1) is 19.9 Å². The van der Waals surface area contributed by atoms with Crippen molar-refractivity contribution in [1.29, 1.82) is 0 Å². The summed E-state index contributed by atoms with van der Waals surface area (Å²) in [6, 6.07) is 11.1. The van der Waals surface area contributed by atoms with Crippen LogP contribution in [0.15, 0.2) is 48.9 Å². The second kappa shape index (κ2) is 13.7. The van der Waals surface area contributed by atoms with Crippen LogP contribution in [-0.2, 0) is 14.9 Å². The van der Waals surface area contributed by atoms with E-state index in [0.717, 1.165) is 86.9 Å². The minimum Gasteiger partial charge on any atom is -0.496 e. The van der Waals surface area contributed by atoms with Gasteiger partial charge in [-0.3, -0.25) is 14.4 Å². The lowest BCUT2D eigenvalue weighted by molar-refractivity contribution is -0.124. The van der Waals surface area contributed by atoms with Gasteiger partial charge in [0, 0.05) is 42.5 Å². The highest BCUT2D eigenvalue weighted by Crippen LogP contribution is 2.58. The third kappa shape index (κ3) is 6.90. The van der Waals surface area contributed by atoms with Crippen LogP contribution in [0.5, 0.6) is 5.75 Å². The maximum atomic E-state index is 14.5. The molecule has 4 saturated carbocycles. The number of aryl methyl sites for hydroxylation is 1. The van der Waals surface area contributed by atoms with Gasteiger partial charge in [0.25, 0.3) is 0 Å². The van der Waals surface area contributed by atoms with Crippen molar-refractivity contribution in [2.24, 2.45) is 11.3 Å². The average Bonchev–Trinajstić information content (AvgIpc) is 3.60. The van der Waals surface area contributed by atoms with Gasteiger partial charge >= 0.3 is 6.09 Å². The van der Waals surface area contributed by atoms with Crippen LogP contribution in [0.4, 0.5) is 10.6 Å². The zero-order chi connectivity index (χ0) is 33.2. The van der Waals surface area contributed by atoms with Gasteiger partial charge in [0.15, 0.2) is 0 Å². The van der Waals surface area contributed by atoms with Crippen molar-refractivity contribution in [3.63, 3.8) is 0 Å². The molecule has 2 aromatic heterocycles. The van der Waals surface area contributed by atoms with E-state index in [0.29, 0.717) is 13.2 Å². The van der Waals surface area contributed by atoms with Gasteiger partial charge in [0.1, 0.15) is 11.6 Å². The number of amides is 2. The van der Waals surface area contributed by atoms with Crippen molar-refractivity contribution in [2.45, 2.75) is 109 Å². The summed E-state index contributed by atoms with van der Waals surface area (Å²) in [5.41, 5.74) is 4.93. The Morgan fingerprint density at radius 2 is 1.74 bits per heavy atom. The molecule has 252 valence electrons. The normalized spacial score (nSPS) is 25.4. The number of fused-ring (bicyclic) bond motifs is 3. The molecule has 9 nitrogen and oxygen atoms in total. The van der Waals surface area contributed by atoms with Crippen LogP contribution < -0.4 is 15.0 Å². The van der Waals surface area contributed by atoms with Crippen molar-refractivity contribution in [1.82, 2.24) is 20.1 Å². The first-order valence-electron chi connectivity index (χ1n) is 17.5. The van der Waals surface area contributed by atoms with E-state index in [2.05, 4.69) is 61.6 Å². The zero-order valence-electron chi connectivity index (χ0n) is 28.8. The number of anilines is 1. The number of nitrogens with one attached hydrogen (secondary N) is 1. The van der Waals surface area contributed by atoms with Gasteiger partial charge in [-0.2, -0.15) is 5.10 Å². The number of carbonyl (C=O) groups excluding carboxylic acids is 2. The van der Waals surface area contributed by atoms with Crippen LogP contribution in [0.3, 0.4) is 0 Å². The molecule has 4 aliphatic carbocycles. The topological polar surface area (TPSA) is 98.6 Å². The molecule has 4 fully saturated rings. The van der Waals surface area contributed by atoms with E-state index >= 15 is 0 Å². The molecule has 7 rings (SSSR count). The van der Waals surface area contributed by atoms with E-state index in [9.17, 15) is 9.59 Å². The Morgan fingerprint density at radius 1 is 1.02 bits per heavy atom. The quantitative estimate of drug-likeness (QED) is 0.243. The second-order valence-electron chi connectivity index (χ2n) is 14.5. The predicted octanol–water partition coefficient (Wildman–Crippen LogP) is 7.77. The average molecular weight is 642 g/mol. The van der Waals surface area contributed by atoms with E-state index in [1.807, 2.05) is 28.0 Å². The smallest absolute Gasteiger partial charge is 0.407 e. The first-order valence-corrected chi connectivity index (χ1v) is 17.5. The van der Waals surface area contributed by atoms with Crippen molar-refractivity contribution in [2.75, 3.05) is 25.2 Å². The Labute approximate surface area is 279 Å². The summed E-state index contributed by atoms with van der Waals surface area (Å²) in [7, 11) is 1.73. The number of alkyl carbamates (subject to hydrolysis) is 1. The third-order valence-electron chi connectivity index (χ3n) is 11.3. The fourth-order valence-corrected chi connectivity index (χ4v) is 8.31. The third-order valence-corrected chi connectivity index (χ3v) is 11.3. The van der Waals surface area contributed by atoms with Crippen LogP contribution in [0.25, 0.3) is 11.1 Å². The summed E-state index contributed by atoms with van der Waals surface area (Å²) < 4.78 is 12.6. The summed E-state index contributed by atoms with van der Waals surface area (Å²) >= 11 is 0. The number of ether oxygens (including phenoxy) is 2. The second-order valence-corrected chi connectivity index (χ2v) is 14.5. The number of methoxy groups -OCH3 is 1. The molecular formula is C38H51N5O4. The highest BCUT2D eigenvalue weighted by molar-refractivity contribution is 5.95. The van der Waals surface area contributed by atoms with Crippen LogP contribution in [0, 0.1) is 18.3 Å². The molecule has 2 bridgehead atoms. The molecule has 0 unspecified atom stereocenters. The van der Waals surface area contributed by atoms with Gasteiger partial charge < -0.3 is 14.8 Å². The van der Waals surface area contributed by atoms with E-state index in [-0.39, 0.29) is 40.8 Å².